The van der Waals surface area contributed by atoms with Gasteiger partial charge >= 0.3 is 0 Å². The number of aromatic nitrogens is 3. The summed E-state index contributed by atoms with van der Waals surface area (Å²) in [5.41, 5.74) is 4.12. The number of nitrogens with zero attached hydrogens (tertiary/aromatic N) is 3. The van der Waals surface area contributed by atoms with Crippen molar-refractivity contribution >= 4 is 23.4 Å². The number of hydrogen-bond acceptors (Lipinski definition) is 5. The number of nitrogens with one attached hydrogen (secondary N) is 1. The first-order valence-electron chi connectivity index (χ1n) is 9.59. The number of amides is 1. The van der Waals surface area contributed by atoms with Gasteiger partial charge in [0.25, 0.3) is 0 Å². The smallest absolute Gasteiger partial charge is 0.237 e. The second kappa shape index (κ2) is 9.33. The van der Waals surface area contributed by atoms with Gasteiger partial charge in [0, 0.05) is 16.8 Å². The first-order valence-corrected chi connectivity index (χ1v) is 10.5. The molecule has 0 saturated heterocycles. The molecule has 0 fully saturated rings. The fourth-order valence-corrected chi connectivity index (χ4v) is 3.64. The van der Waals surface area contributed by atoms with E-state index in [0.29, 0.717) is 10.9 Å². The zero-order valence-corrected chi connectivity index (χ0v) is 17.2. The molecule has 0 radical (unpaired) electrons. The highest BCUT2D eigenvalue weighted by Gasteiger charge is 2.19. The number of carbonyl (C=O) groups excluding carboxylic acids is 1. The Bertz CT molecular complexity index is 1120. The predicted molar refractivity (Wildman–Crippen MR) is 121 cm³/mol. The summed E-state index contributed by atoms with van der Waals surface area (Å²) in [5, 5.41) is 11.7. The molecular formula is C24H20N4OS. The molecule has 30 heavy (non-hydrogen) atoms. The predicted octanol–water partition coefficient (Wildman–Crippen LogP) is 5.32. The van der Waals surface area contributed by atoms with Crippen molar-refractivity contribution in [1.29, 1.82) is 0 Å². The number of rotatable bonds is 6. The van der Waals surface area contributed by atoms with Crippen molar-refractivity contribution in [3.8, 4) is 22.5 Å². The van der Waals surface area contributed by atoms with Gasteiger partial charge < -0.3 is 5.32 Å². The van der Waals surface area contributed by atoms with Gasteiger partial charge in [0.1, 0.15) is 11.4 Å². The molecule has 1 amide bonds. The lowest BCUT2D eigenvalue weighted by Crippen LogP contribution is -2.22. The van der Waals surface area contributed by atoms with Crippen molar-refractivity contribution < 1.29 is 4.79 Å². The van der Waals surface area contributed by atoms with Gasteiger partial charge in [-0.3, -0.25) is 4.79 Å². The van der Waals surface area contributed by atoms with Gasteiger partial charge in [-0.15, -0.1) is 10.2 Å². The lowest BCUT2D eigenvalue weighted by atomic mass is 10.0. The van der Waals surface area contributed by atoms with Crippen molar-refractivity contribution in [2.45, 2.75) is 17.3 Å². The molecule has 5 nitrogen and oxygen atoms in total. The normalized spacial score (nSPS) is 11.6. The van der Waals surface area contributed by atoms with Gasteiger partial charge in [0.2, 0.25) is 11.1 Å². The minimum atomic E-state index is -0.377. The Morgan fingerprint density at radius 2 is 1.30 bits per heavy atom. The van der Waals surface area contributed by atoms with Crippen LogP contribution in [-0.2, 0) is 4.79 Å². The van der Waals surface area contributed by atoms with E-state index in [1.165, 1.54) is 11.8 Å². The number of benzene rings is 3. The SMILES string of the molecule is CC(Sc1nnc(-c2ccccc2)c(-c2ccccc2)n1)C(=O)Nc1ccccc1. The summed E-state index contributed by atoms with van der Waals surface area (Å²) in [5.74, 6) is -0.108. The maximum atomic E-state index is 12.6. The number of thioether (sulfide) groups is 1. The Labute approximate surface area is 179 Å². The maximum Gasteiger partial charge on any atom is 0.237 e. The molecule has 148 valence electrons. The molecule has 1 N–H and O–H groups in total. The second-order valence-electron chi connectivity index (χ2n) is 6.64. The molecule has 0 spiro atoms. The number of hydrogen-bond donors (Lipinski definition) is 1. The average molecular weight is 413 g/mol. The fraction of sp³-hybridized carbons (Fsp3) is 0.0833. The van der Waals surface area contributed by atoms with E-state index >= 15 is 0 Å². The highest BCUT2D eigenvalue weighted by Crippen LogP contribution is 2.30. The van der Waals surface area contributed by atoms with E-state index in [2.05, 4.69) is 15.5 Å². The Balaban J connectivity index is 1.61. The lowest BCUT2D eigenvalue weighted by molar-refractivity contribution is -0.115. The highest BCUT2D eigenvalue weighted by atomic mass is 32.2. The number of carbonyl (C=O) groups is 1. The monoisotopic (exact) mass is 412 g/mol. The second-order valence-corrected chi connectivity index (χ2v) is 7.95. The van der Waals surface area contributed by atoms with Gasteiger partial charge in [-0.25, -0.2) is 4.98 Å². The van der Waals surface area contributed by atoms with Crippen LogP contribution in [0.4, 0.5) is 5.69 Å². The topological polar surface area (TPSA) is 67.8 Å². The molecule has 4 rings (SSSR count). The third-order valence-electron chi connectivity index (χ3n) is 4.45. The summed E-state index contributed by atoms with van der Waals surface area (Å²) in [4.78, 5) is 17.3. The fourth-order valence-electron chi connectivity index (χ4n) is 2.93. The van der Waals surface area contributed by atoms with Crippen LogP contribution >= 0.6 is 11.8 Å². The molecule has 4 aromatic rings. The molecule has 0 saturated carbocycles. The van der Waals surface area contributed by atoms with E-state index in [-0.39, 0.29) is 11.2 Å². The molecule has 0 aliphatic rings. The van der Waals surface area contributed by atoms with E-state index in [4.69, 9.17) is 4.98 Å². The molecular weight excluding hydrogens is 392 g/mol. The minimum Gasteiger partial charge on any atom is -0.325 e. The molecule has 1 unspecified atom stereocenters. The summed E-state index contributed by atoms with van der Waals surface area (Å²) in [6.45, 7) is 1.83. The summed E-state index contributed by atoms with van der Waals surface area (Å²) >= 11 is 1.29. The van der Waals surface area contributed by atoms with Crippen molar-refractivity contribution in [3.63, 3.8) is 0 Å². The molecule has 0 bridgehead atoms. The van der Waals surface area contributed by atoms with Crippen molar-refractivity contribution in [1.82, 2.24) is 15.2 Å². The van der Waals surface area contributed by atoms with Crippen LogP contribution in [0.25, 0.3) is 22.5 Å². The van der Waals surface area contributed by atoms with Crippen LogP contribution in [-0.4, -0.2) is 26.3 Å². The Kier molecular flexibility index (Phi) is 6.15. The number of anilines is 1. The van der Waals surface area contributed by atoms with E-state index in [1.807, 2.05) is 97.9 Å². The molecule has 0 aliphatic carbocycles. The van der Waals surface area contributed by atoms with Gasteiger partial charge in [-0.1, -0.05) is 90.6 Å². The molecule has 6 heteroatoms. The van der Waals surface area contributed by atoms with Gasteiger partial charge in [-0.2, -0.15) is 0 Å². The van der Waals surface area contributed by atoms with Crippen LogP contribution in [0.5, 0.6) is 0 Å². The van der Waals surface area contributed by atoms with Crippen LogP contribution in [0.15, 0.2) is 96.2 Å². The van der Waals surface area contributed by atoms with E-state index in [1.54, 1.807) is 0 Å². The van der Waals surface area contributed by atoms with Gasteiger partial charge in [0.05, 0.1) is 5.25 Å². The molecule has 0 aliphatic heterocycles. The maximum absolute atomic E-state index is 12.6. The average Bonchev–Trinajstić information content (AvgIpc) is 2.81. The Morgan fingerprint density at radius 3 is 1.90 bits per heavy atom. The van der Waals surface area contributed by atoms with Gasteiger partial charge in [0.15, 0.2) is 0 Å². The van der Waals surface area contributed by atoms with Crippen LogP contribution in [0.1, 0.15) is 6.92 Å². The first-order chi connectivity index (χ1) is 14.7. The zero-order chi connectivity index (χ0) is 20.8. The standard InChI is InChI=1S/C24H20N4OS/c1-17(23(29)25-20-15-9-4-10-16-20)30-24-26-21(18-11-5-2-6-12-18)22(27-28-24)19-13-7-3-8-14-19/h2-17H,1H3,(H,25,29). The van der Waals surface area contributed by atoms with Gasteiger partial charge in [-0.05, 0) is 19.1 Å². The van der Waals surface area contributed by atoms with Crippen LogP contribution in [0.2, 0.25) is 0 Å². The largest absolute Gasteiger partial charge is 0.325 e. The van der Waals surface area contributed by atoms with Crippen molar-refractivity contribution in [2.75, 3.05) is 5.32 Å². The quantitative estimate of drug-likeness (QED) is 0.434. The summed E-state index contributed by atoms with van der Waals surface area (Å²) in [6, 6.07) is 29.1. The third-order valence-corrected chi connectivity index (χ3v) is 5.41. The third kappa shape index (κ3) is 4.72. The molecule has 3 aromatic carbocycles. The molecule has 1 aromatic heterocycles. The van der Waals surface area contributed by atoms with E-state index in [9.17, 15) is 4.79 Å². The lowest BCUT2D eigenvalue weighted by Gasteiger charge is -2.13. The number of para-hydroxylation sites is 1. The van der Waals surface area contributed by atoms with E-state index in [0.717, 1.165) is 22.5 Å². The first kappa shape index (κ1) is 19.8. The Hall–Kier alpha value is -3.51. The summed E-state index contributed by atoms with van der Waals surface area (Å²) in [7, 11) is 0. The zero-order valence-electron chi connectivity index (χ0n) is 16.4. The molecule has 1 atom stereocenters. The van der Waals surface area contributed by atoms with Crippen LogP contribution in [0, 0.1) is 0 Å². The summed E-state index contributed by atoms with van der Waals surface area (Å²) < 4.78 is 0. The van der Waals surface area contributed by atoms with Crippen molar-refractivity contribution in [3.05, 3.63) is 91.0 Å². The summed E-state index contributed by atoms with van der Waals surface area (Å²) in [6.07, 6.45) is 0. The van der Waals surface area contributed by atoms with Crippen LogP contribution in [0.3, 0.4) is 0 Å². The highest BCUT2D eigenvalue weighted by molar-refractivity contribution is 8.00. The van der Waals surface area contributed by atoms with Crippen LogP contribution < -0.4 is 5.32 Å². The molecule has 1 heterocycles. The minimum absolute atomic E-state index is 0.108. The van der Waals surface area contributed by atoms with Crippen molar-refractivity contribution in [2.24, 2.45) is 0 Å². The van der Waals surface area contributed by atoms with E-state index < -0.39 is 0 Å². The Morgan fingerprint density at radius 1 is 0.767 bits per heavy atom.